The van der Waals surface area contributed by atoms with Gasteiger partial charge in [0.15, 0.2) is 5.11 Å². The Bertz CT molecular complexity index is 758. The van der Waals surface area contributed by atoms with Gasteiger partial charge in [-0.05, 0) is 53.0 Å². The molecule has 1 heterocycles. The standard InChI is InChI=1S/C22H28FN3S/c1-22(2,3)18-6-10-20(11-7-18)24-21(27)26-14-12-25(13-15-26)16-17-4-8-19(23)9-5-17/h4-11H,12-16H2,1-3H3,(H,24,27). The highest BCUT2D eigenvalue weighted by molar-refractivity contribution is 7.80. The maximum Gasteiger partial charge on any atom is 0.173 e. The lowest BCUT2D eigenvalue weighted by atomic mass is 9.87. The Morgan fingerprint density at radius 1 is 0.963 bits per heavy atom. The lowest BCUT2D eigenvalue weighted by molar-refractivity contribution is 0.177. The molecule has 0 saturated carbocycles. The molecule has 5 heteroatoms. The molecule has 0 bridgehead atoms. The van der Waals surface area contributed by atoms with Gasteiger partial charge in [0, 0.05) is 38.4 Å². The van der Waals surface area contributed by atoms with Crippen LogP contribution < -0.4 is 5.32 Å². The first-order chi connectivity index (χ1) is 12.8. The van der Waals surface area contributed by atoms with Crippen molar-refractivity contribution in [3.63, 3.8) is 0 Å². The number of hydrogen-bond donors (Lipinski definition) is 1. The topological polar surface area (TPSA) is 18.5 Å². The van der Waals surface area contributed by atoms with Crippen molar-refractivity contribution in [2.24, 2.45) is 0 Å². The van der Waals surface area contributed by atoms with Crippen LogP contribution >= 0.6 is 12.2 Å². The van der Waals surface area contributed by atoms with Crippen LogP contribution in [-0.4, -0.2) is 41.1 Å². The summed E-state index contributed by atoms with van der Waals surface area (Å²) in [5, 5.41) is 4.14. The van der Waals surface area contributed by atoms with Crippen molar-refractivity contribution in [2.75, 3.05) is 31.5 Å². The van der Waals surface area contributed by atoms with Gasteiger partial charge in [-0.25, -0.2) is 4.39 Å². The minimum Gasteiger partial charge on any atom is -0.346 e. The maximum atomic E-state index is 13.0. The second kappa shape index (κ2) is 8.36. The van der Waals surface area contributed by atoms with Crippen LogP contribution in [0.3, 0.4) is 0 Å². The predicted molar refractivity (Wildman–Crippen MR) is 115 cm³/mol. The number of thiocarbonyl (C=S) groups is 1. The molecular formula is C22H28FN3S. The molecule has 144 valence electrons. The fourth-order valence-corrected chi connectivity index (χ4v) is 3.51. The normalized spacial score (nSPS) is 15.6. The highest BCUT2D eigenvalue weighted by atomic mass is 32.1. The van der Waals surface area contributed by atoms with Crippen LogP contribution in [0.1, 0.15) is 31.9 Å². The summed E-state index contributed by atoms with van der Waals surface area (Å²) in [7, 11) is 0. The molecule has 0 unspecified atom stereocenters. The minimum atomic E-state index is -0.185. The molecule has 2 aromatic carbocycles. The van der Waals surface area contributed by atoms with E-state index in [4.69, 9.17) is 12.2 Å². The van der Waals surface area contributed by atoms with Gasteiger partial charge in [-0.3, -0.25) is 4.90 Å². The summed E-state index contributed by atoms with van der Waals surface area (Å²) in [5.74, 6) is -0.185. The molecule has 0 aromatic heterocycles. The molecule has 0 amide bonds. The van der Waals surface area contributed by atoms with Crippen LogP contribution in [0.25, 0.3) is 0 Å². The third-order valence-electron chi connectivity index (χ3n) is 4.98. The highest BCUT2D eigenvalue weighted by Crippen LogP contribution is 2.23. The molecular weight excluding hydrogens is 357 g/mol. The number of halogens is 1. The first kappa shape index (κ1) is 19.8. The average Bonchev–Trinajstić information content (AvgIpc) is 2.64. The first-order valence-corrected chi connectivity index (χ1v) is 9.85. The Balaban J connectivity index is 1.49. The van der Waals surface area contributed by atoms with Crippen LogP contribution in [-0.2, 0) is 12.0 Å². The highest BCUT2D eigenvalue weighted by Gasteiger charge is 2.19. The molecule has 1 aliphatic heterocycles. The lowest BCUT2D eigenvalue weighted by Crippen LogP contribution is -2.49. The number of benzene rings is 2. The average molecular weight is 386 g/mol. The summed E-state index contributed by atoms with van der Waals surface area (Å²) >= 11 is 5.60. The molecule has 0 spiro atoms. The number of nitrogens with one attached hydrogen (secondary N) is 1. The van der Waals surface area contributed by atoms with Crippen LogP contribution in [0.2, 0.25) is 0 Å². The zero-order valence-electron chi connectivity index (χ0n) is 16.3. The van der Waals surface area contributed by atoms with Crippen molar-refractivity contribution < 1.29 is 4.39 Å². The Labute approximate surface area is 167 Å². The second-order valence-electron chi connectivity index (χ2n) is 8.15. The number of nitrogens with zero attached hydrogens (tertiary/aromatic N) is 2. The number of anilines is 1. The largest absolute Gasteiger partial charge is 0.346 e. The summed E-state index contributed by atoms with van der Waals surface area (Å²) in [4.78, 5) is 4.60. The fourth-order valence-electron chi connectivity index (χ4n) is 3.21. The zero-order valence-corrected chi connectivity index (χ0v) is 17.2. The summed E-state index contributed by atoms with van der Waals surface area (Å²) in [6.07, 6.45) is 0. The van der Waals surface area contributed by atoms with E-state index < -0.39 is 0 Å². The van der Waals surface area contributed by atoms with Crippen molar-refractivity contribution in [3.8, 4) is 0 Å². The molecule has 3 nitrogen and oxygen atoms in total. The van der Waals surface area contributed by atoms with Gasteiger partial charge in [0.1, 0.15) is 5.82 Å². The SMILES string of the molecule is CC(C)(C)c1ccc(NC(=S)N2CCN(Cc3ccc(F)cc3)CC2)cc1. The van der Waals surface area contributed by atoms with Crippen LogP contribution in [0.4, 0.5) is 10.1 Å². The molecule has 1 saturated heterocycles. The van der Waals surface area contributed by atoms with Gasteiger partial charge in [-0.1, -0.05) is 45.0 Å². The third kappa shape index (κ3) is 5.50. The van der Waals surface area contributed by atoms with E-state index in [9.17, 15) is 4.39 Å². The molecule has 1 N–H and O–H groups in total. The van der Waals surface area contributed by atoms with E-state index in [2.05, 4.69) is 60.2 Å². The van der Waals surface area contributed by atoms with Crippen molar-refractivity contribution in [2.45, 2.75) is 32.7 Å². The monoisotopic (exact) mass is 385 g/mol. The van der Waals surface area contributed by atoms with Gasteiger partial charge < -0.3 is 10.2 Å². The van der Waals surface area contributed by atoms with E-state index in [0.717, 1.165) is 49.1 Å². The van der Waals surface area contributed by atoms with Crippen molar-refractivity contribution in [1.82, 2.24) is 9.80 Å². The zero-order chi connectivity index (χ0) is 19.4. The molecule has 27 heavy (non-hydrogen) atoms. The first-order valence-electron chi connectivity index (χ1n) is 9.44. The van der Waals surface area contributed by atoms with Gasteiger partial charge in [0.05, 0.1) is 0 Å². The van der Waals surface area contributed by atoms with Gasteiger partial charge >= 0.3 is 0 Å². The minimum absolute atomic E-state index is 0.153. The quantitative estimate of drug-likeness (QED) is 0.776. The van der Waals surface area contributed by atoms with Crippen LogP contribution in [0, 0.1) is 5.82 Å². The summed E-state index contributed by atoms with van der Waals surface area (Å²) < 4.78 is 13.0. The van der Waals surface area contributed by atoms with Crippen molar-refractivity contribution >= 4 is 23.0 Å². The van der Waals surface area contributed by atoms with E-state index >= 15 is 0 Å². The third-order valence-corrected chi connectivity index (χ3v) is 5.34. The lowest BCUT2D eigenvalue weighted by Gasteiger charge is -2.36. The molecule has 0 aliphatic carbocycles. The van der Waals surface area contributed by atoms with E-state index in [-0.39, 0.29) is 11.2 Å². The summed E-state index contributed by atoms with van der Waals surface area (Å²) in [6.45, 7) is 11.2. The fraction of sp³-hybridized carbons (Fsp3) is 0.409. The number of hydrogen-bond acceptors (Lipinski definition) is 2. The predicted octanol–water partition coefficient (Wildman–Crippen LogP) is 4.64. The Hall–Kier alpha value is -1.98. The van der Waals surface area contributed by atoms with Crippen LogP contribution in [0.15, 0.2) is 48.5 Å². The molecule has 1 fully saturated rings. The van der Waals surface area contributed by atoms with Crippen LogP contribution in [0.5, 0.6) is 0 Å². The molecule has 0 radical (unpaired) electrons. The Morgan fingerprint density at radius 2 is 1.56 bits per heavy atom. The second-order valence-corrected chi connectivity index (χ2v) is 8.53. The van der Waals surface area contributed by atoms with Crippen molar-refractivity contribution in [3.05, 3.63) is 65.5 Å². The van der Waals surface area contributed by atoms with Gasteiger partial charge in [0.25, 0.3) is 0 Å². The van der Waals surface area contributed by atoms with E-state index in [1.165, 1.54) is 17.7 Å². The van der Waals surface area contributed by atoms with Crippen molar-refractivity contribution in [1.29, 1.82) is 0 Å². The van der Waals surface area contributed by atoms with Gasteiger partial charge in [0.2, 0.25) is 0 Å². The molecule has 1 aliphatic rings. The number of piperazine rings is 1. The molecule has 2 aromatic rings. The molecule has 0 atom stereocenters. The Morgan fingerprint density at radius 3 is 2.11 bits per heavy atom. The van der Waals surface area contributed by atoms with E-state index in [1.54, 1.807) is 0 Å². The van der Waals surface area contributed by atoms with E-state index in [0.29, 0.717) is 0 Å². The summed E-state index contributed by atoms with van der Waals surface area (Å²) in [5.41, 5.74) is 3.64. The van der Waals surface area contributed by atoms with Gasteiger partial charge in [-0.2, -0.15) is 0 Å². The summed E-state index contributed by atoms with van der Waals surface area (Å²) in [6, 6.07) is 15.3. The Kier molecular flexibility index (Phi) is 6.12. The number of rotatable bonds is 3. The molecule has 3 rings (SSSR count). The smallest absolute Gasteiger partial charge is 0.173 e. The van der Waals surface area contributed by atoms with E-state index in [1.807, 2.05) is 12.1 Å². The van der Waals surface area contributed by atoms with Gasteiger partial charge in [-0.15, -0.1) is 0 Å². The maximum absolute atomic E-state index is 13.0.